The first kappa shape index (κ1) is 17.5. The van der Waals surface area contributed by atoms with Crippen molar-refractivity contribution >= 4 is 29.5 Å². The van der Waals surface area contributed by atoms with Gasteiger partial charge in [-0.3, -0.25) is 15.1 Å². The summed E-state index contributed by atoms with van der Waals surface area (Å²) in [7, 11) is 0. The Labute approximate surface area is 133 Å². The standard InChI is InChI=1S/C11H11N5O.C2HF3O2/c12-11(17)10-7-3-1-2-6-4-13-5-14-8(6)9(7)15-16-10;3-2(4,5)1(6)7/h1-4,6,8,14H,5H2,(H2,12,17);(H,6,7). The average molecular weight is 343 g/mol. The molecule has 0 fully saturated rings. The maximum Gasteiger partial charge on any atom is 0.490 e. The van der Waals surface area contributed by atoms with E-state index in [0.29, 0.717) is 12.2 Å². The number of allylic oxidation sites excluding steroid dienone is 2. The number of rotatable bonds is 1. The lowest BCUT2D eigenvalue weighted by Crippen LogP contribution is -2.46. The number of nitrogens with one attached hydrogen (secondary N) is 1. The van der Waals surface area contributed by atoms with Crippen LogP contribution in [0.2, 0.25) is 0 Å². The zero-order valence-electron chi connectivity index (χ0n) is 12.0. The second kappa shape index (κ2) is 6.74. The van der Waals surface area contributed by atoms with Gasteiger partial charge in [-0.05, 0) is 0 Å². The van der Waals surface area contributed by atoms with Crippen molar-refractivity contribution < 1.29 is 27.9 Å². The van der Waals surface area contributed by atoms with Gasteiger partial charge >= 0.3 is 12.1 Å². The molecule has 2 unspecified atom stereocenters. The van der Waals surface area contributed by atoms with Gasteiger partial charge in [0.1, 0.15) is 0 Å². The van der Waals surface area contributed by atoms with E-state index in [1.165, 1.54) is 0 Å². The van der Waals surface area contributed by atoms with Crippen LogP contribution in [0.4, 0.5) is 13.2 Å². The zero-order valence-corrected chi connectivity index (χ0v) is 12.0. The van der Waals surface area contributed by atoms with Crippen molar-refractivity contribution in [2.24, 2.45) is 26.8 Å². The quantitative estimate of drug-likeness (QED) is 0.620. The molecule has 1 amide bonds. The number of carboxylic acids is 1. The minimum atomic E-state index is -5.08. The Morgan fingerprint density at radius 3 is 2.58 bits per heavy atom. The summed E-state index contributed by atoms with van der Waals surface area (Å²) < 4.78 is 31.7. The summed E-state index contributed by atoms with van der Waals surface area (Å²) in [5.74, 6) is -3.17. The highest BCUT2D eigenvalue weighted by Crippen LogP contribution is 2.22. The van der Waals surface area contributed by atoms with Gasteiger partial charge < -0.3 is 10.8 Å². The molecule has 0 aromatic heterocycles. The maximum atomic E-state index is 11.2. The predicted octanol–water partition coefficient (Wildman–Crippen LogP) is 0.0281. The summed E-state index contributed by atoms with van der Waals surface area (Å²) in [6.07, 6.45) is 2.54. The molecule has 128 valence electrons. The Kier molecular flexibility index (Phi) is 4.93. The van der Waals surface area contributed by atoms with Gasteiger partial charge in [-0.2, -0.15) is 18.3 Å². The number of amides is 1. The van der Waals surface area contributed by atoms with Crippen molar-refractivity contribution in [3.63, 3.8) is 0 Å². The van der Waals surface area contributed by atoms with E-state index in [9.17, 15) is 18.0 Å². The topological polar surface area (TPSA) is 130 Å². The number of aliphatic carboxylic acids is 1. The van der Waals surface area contributed by atoms with Crippen LogP contribution in [0.5, 0.6) is 0 Å². The Hall–Kier alpha value is -2.82. The van der Waals surface area contributed by atoms with E-state index >= 15 is 0 Å². The molecule has 3 rings (SSSR count). The normalized spacial score (nSPS) is 24.4. The minimum absolute atomic E-state index is 0.0121. The zero-order chi connectivity index (χ0) is 17.9. The number of carbonyl (C=O) groups is 2. The summed E-state index contributed by atoms with van der Waals surface area (Å²) in [6.45, 7) is 0.549. The number of primary amides is 1. The molecule has 0 aromatic carbocycles. The lowest BCUT2D eigenvalue weighted by Gasteiger charge is -2.25. The van der Waals surface area contributed by atoms with Gasteiger partial charge in [-0.15, -0.1) is 5.10 Å². The third-order valence-corrected chi connectivity index (χ3v) is 3.22. The number of aliphatic imine (C=N–C) groups is 1. The Morgan fingerprint density at radius 1 is 1.33 bits per heavy atom. The van der Waals surface area contributed by atoms with Gasteiger partial charge in [0.2, 0.25) is 0 Å². The van der Waals surface area contributed by atoms with Crippen LogP contribution in [-0.2, 0) is 9.59 Å². The van der Waals surface area contributed by atoms with Crippen LogP contribution >= 0.6 is 0 Å². The smallest absolute Gasteiger partial charge is 0.475 e. The van der Waals surface area contributed by atoms with Crippen molar-refractivity contribution in [2.75, 3.05) is 6.67 Å². The van der Waals surface area contributed by atoms with E-state index in [1.807, 2.05) is 24.4 Å². The fourth-order valence-electron chi connectivity index (χ4n) is 2.18. The molecule has 0 saturated carbocycles. The van der Waals surface area contributed by atoms with Gasteiger partial charge in [0.15, 0.2) is 5.71 Å². The highest BCUT2D eigenvalue weighted by Gasteiger charge is 2.38. The number of nitrogens with two attached hydrogens (primary N) is 1. The third kappa shape index (κ3) is 3.74. The van der Waals surface area contributed by atoms with E-state index in [0.717, 1.165) is 5.71 Å². The predicted molar refractivity (Wildman–Crippen MR) is 78.8 cm³/mol. The van der Waals surface area contributed by atoms with Crippen molar-refractivity contribution in [3.05, 3.63) is 23.8 Å². The van der Waals surface area contributed by atoms with Crippen LogP contribution in [-0.4, -0.2) is 53.5 Å². The molecule has 1 aliphatic carbocycles. The molecule has 2 heterocycles. The average Bonchev–Trinajstić information content (AvgIpc) is 2.83. The summed E-state index contributed by atoms with van der Waals surface area (Å²) in [6, 6.07) is 0.0121. The van der Waals surface area contributed by atoms with E-state index in [2.05, 4.69) is 20.5 Å². The number of fused-ring (bicyclic) bond motifs is 3. The summed E-state index contributed by atoms with van der Waals surface area (Å²) in [5, 5.41) is 18.3. The van der Waals surface area contributed by atoms with Gasteiger partial charge in [-0.1, -0.05) is 18.2 Å². The highest BCUT2D eigenvalue weighted by molar-refractivity contribution is 6.53. The molecule has 0 saturated heterocycles. The second-order valence-electron chi connectivity index (χ2n) is 4.82. The fourth-order valence-corrected chi connectivity index (χ4v) is 2.18. The van der Waals surface area contributed by atoms with Crippen LogP contribution in [0.3, 0.4) is 0 Å². The molecule has 3 aliphatic rings. The van der Waals surface area contributed by atoms with Crippen molar-refractivity contribution in [1.82, 2.24) is 5.32 Å². The van der Waals surface area contributed by atoms with E-state index in [4.69, 9.17) is 15.6 Å². The van der Waals surface area contributed by atoms with Crippen molar-refractivity contribution in [2.45, 2.75) is 12.2 Å². The number of nitrogens with zero attached hydrogens (tertiary/aromatic N) is 3. The molecular formula is C13H12F3N5O3. The lowest BCUT2D eigenvalue weighted by molar-refractivity contribution is -0.192. The third-order valence-electron chi connectivity index (χ3n) is 3.22. The van der Waals surface area contributed by atoms with E-state index in [-0.39, 0.29) is 17.7 Å². The monoisotopic (exact) mass is 343 g/mol. The summed E-state index contributed by atoms with van der Waals surface area (Å²) >= 11 is 0. The van der Waals surface area contributed by atoms with Gasteiger partial charge in [0.25, 0.3) is 5.91 Å². The van der Waals surface area contributed by atoms with Crippen molar-refractivity contribution in [1.29, 1.82) is 0 Å². The molecule has 2 aliphatic heterocycles. The molecular weight excluding hydrogens is 331 g/mol. The van der Waals surface area contributed by atoms with E-state index in [1.54, 1.807) is 0 Å². The molecule has 24 heavy (non-hydrogen) atoms. The molecule has 8 nitrogen and oxygen atoms in total. The molecule has 0 spiro atoms. The van der Waals surface area contributed by atoms with Gasteiger partial charge in [0, 0.05) is 17.7 Å². The number of hydrogen-bond donors (Lipinski definition) is 3. The Bertz CT molecular complexity index is 706. The SMILES string of the molecule is NC(=O)C1=NN=C2C1=CC=CC1C=NCNC21.O=C(O)C(F)(F)F. The lowest BCUT2D eigenvalue weighted by atomic mass is 9.92. The number of hydrogen-bond acceptors (Lipinski definition) is 6. The van der Waals surface area contributed by atoms with Crippen LogP contribution in [0, 0.1) is 5.92 Å². The van der Waals surface area contributed by atoms with Crippen LogP contribution < -0.4 is 11.1 Å². The number of alkyl halides is 3. The Balaban J connectivity index is 0.000000256. The molecule has 4 N–H and O–H groups in total. The van der Waals surface area contributed by atoms with Crippen LogP contribution in [0.25, 0.3) is 0 Å². The largest absolute Gasteiger partial charge is 0.490 e. The second-order valence-corrected chi connectivity index (χ2v) is 4.82. The minimum Gasteiger partial charge on any atom is -0.475 e. The first-order chi connectivity index (χ1) is 11.2. The molecule has 0 radical (unpaired) electrons. The molecule has 0 bridgehead atoms. The molecule has 0 aromatic rings. The highest BCUT2D eigenvalue weighted by atomic mass is 19.4. The number of carbonyl (C=O) groups excluding carboxylic acids is 1. The van der Waals surface area contributed by atoms with Crippen LogP contribution in [0.15, 0.2) is 39.0 Å². The number of carboxylic acid groups (broad SMARTS) is 1. The van der Waals surface area contributed by atoms with Gasteiger partial charge in [0.05, 0.1) is 18.4 Å². The fraction of sp³-hybridized carbons (Fsp3) is 0.308. The first-order valence-corrected chi connectivity index (χ1v) is 6.60. The molecule has 11 heteroatoms. The maximum absolute atomic E-state index is 11.2. The first-order valence-electron chi connectivity index (χ1n) is 6.60. The Morgan fingerprint density at radius 2 is 2.00 bits per heavy atom. The van der Waals surface area contributed by atoms with Crippen LogP contribution in [0.1, 0.15) is 0 Å². The summed E-state index contributed by atoms with van der Waals surface area (Å²) in [4.78, 5) is 24.3. The van der Waals surface area contributed by atoms with E-state index < -0.39 is 18.1 Å². The summed E-state index contributed by atoms with van der Waals surface area (Å²) in [5.41, 5.74) is 6.98. The molecule has 2 atom stereocenters. The van der Waals surface area contributed by atoms with Gasteiger partial charge in [-0.25, -0.2) is 4.79 Å². The van der Waals surface area contributed by atoms with Crippen molar-refractivity contribution in [3.8, 4) is 0 Å². The number of halogens is 3.